The average Bonchev–Trinajstić information content (AvgIpc) is 2.75. The molecule has 0 bridgehead atoms. The summed E-state index contributed by atoms with van der Waals surface area (Å²) >= 11 is 0. The first kappa shape index (κ1) is 15.4. The molecule has 2 atom stereocenters. The molecule has 106 valence electrons. The van der Waals surface area contributed by atoms with E-state index >= 15 is 0 Å². The zero-order valence-electron chi connectivity index (χ0n) is 10.6. The molecular weight excluding hydrogens is 260 g/mol. The van der Waals surface area contributed by atoms with Crippen LogP contribution >= 0.6 is 0 Å². The number of hydrogen-bond acceptors (Lipinski definition) is 4. The molecule has 1 fully saturated rings. The molecule has 0 aromatic rings. The second-order valence-corrected chi connectivity index (χ2v) is 6.66. The third-order valence-corrected chi connectivity index (χ3v) is 5.18. The van der Waals surface area contributed by atoms with Crippen LogP contribution in [-0.4, -0.2) is 66.0 Å². The largest absolute Gasteiger partial charge is 0.481 e. The van der Waals surface area contributed by atoms with E-state index in [0.717, 1.165) is 4.31 Å². The molecular formula is C10H20N2O5S. The lowest BCUT2D eigenvalue weighted by molar-refractivity contribution is -0.137. The Hall–Kier alpha value is -0.700. The molecule has 2 unspecified atom stereocenters. The summed E-state index contributed by atoms with van der Waals surface area (Å²) < 4.78 is 26.5. The van der Waals surface area contributed by atoms with E-state index in [1.165, 1.54) is 11.4 Å². The van der Waals surface area contributed by atoms with Gasteiger partial charge in [-0.1, -0.05) is 0 Å². The van der Waals surface area contributed by atoms with Gasteiger partial charge < -0.3 is 10.2 Å². The monoisotopic (exact) mass is 280 g/mol. The van der Waals surface area contributed by atoms with Crippen LogP contribution in [-0.2, 0) is 15.0 Å². The number of carboxylic acids is 1. The fraction of sp³-hybridized carbons (Fsp3) is 0.900. The Labute approximate surface area is 107 Å². The van der Waals surface area contributed by atoms with Crippen molar-refractivity contribution in [3.8, 4) is 0 Å². The lowest BCUT2D eigenvalue weighted by atomic mass is 10.0. The first-order valence-electron chi connectivity index (χ1n) is 5.86. The van der Waals surface area contributed by atoms with Crippen LogP contribution in [0.4, 0.5) is 0 Å². The number of aliphatic hydroxyl groups is 1. The van der Waals surface area contributed by atoms with E-state index in [0.29, 0.717) is 13.0 Å². The predicted molar refractivity (Wildman–Crippen MR) is 65.2 cm³/mol. The van der Waals surface area contributed by atoms with Crippen LogP contribution in [0.5, 0.6) is 0 Å². The van der Waals surface area contributed by atoms with E-state index in [1.54, 1.807) is 6.92 Å². The third kappa shape index (κ3) is 3.64. The highest BCUT2D eigenvalue weighted by Crippen LogP contribution is 2.23. The summed E-state index contributed by atoms with van der Waals surface area (Å²) in [6.45, 7) is 2.26. The smallest absolute Gasteiger partial charge is 0.304 e. The number of nitrogens with zero attached hydrogens (tertiary/aromatic N) is 2. The van der Waals surface area contributed by atoms with Crippen LogP contribution in [0.25, 0.3) is 0 Å². The van der Waals surface area contributed by atoms with Gasteiger partial charge in [-0.2, -0.15) is 17.0 Å². The van der Waals surface area contributed by atoms with Gasteiger partial charge in [0.05, 0.1) is 12.5 Å². The van der Waals surface area contributed by atoms with Gasteiger partial charge >= 0.3 is 5.97 Å². The summed E-state index contributed by atoms with van der Waals surface area (Å²) in [4.78, 5) is 10.4. The fourth-order valence-electron chi connectivity index (χ4n) is 1.92. The van der Waals surface area contributed by atoms with E-state index in [-0.39, 0.29) is 25.4 Å². The van der Waals surface area contributed by atoms with Crippen molar-refractivity contribution in [2.45, 2.75) is 25.9 Å². The topological polar surface area (TPSA) is 98.2 Å². The van der Waals surface area contributed by atoms with Crippen LogP contribution < -0.4 is 0 Å². The molecule has 1 rings (SSSR count). The van der Waals surface area contributed by atoms with Gasteiger partial charge in [0.25, 0.3) is 10.2 Å². The van der Waals surface area contributed by atoms with Gasteiger partial charge in [0.1, 0.15) is 0 Å². The van der Waals surface area contributed by atoms with Crippen molar-refractivity contribution in [3.63, 3.8) is 0 Å². The van der Waals surface area contributed by atoms with Crippen molar-refractivity contribution in [1.29, 1.82) is 0 Å². The van der Waals surface area contributed by atoms with Crippen LogP contribution in [0, 0.1) is 5.92 Å². The molecule has 1 aliphatic heterocycles. The minimum atomic E-state index is -3.61. The predicted octanol–water partition coefficient (Wildman–Crippen LogP) is -0.660. The Morgan fingerprint density at radius 1 is 1.56 bits per heavy atom. The maximum Gasteiger partial charge on any atom is 0.304 e. The summed E-state index contributed by atoms with van der Waals surface area (Å²) in [5, 5.41) is 18.0. The maximum absolute atomic E-state index is 12.1. The minimum absolute atomic E-state index is 0.0481. The molecule has 0 aromatic carbocycles. The Balaban J connectivity index is 2.61. The van der Waals surface area contributed by atoms with Crippen molar-refractivity contribution < 1.29 is 23.4 Å². The lowest BCUT2D eigenvalue weighted by Gasteiger charge is -2.24. The Morgan fingerprint density at radius 3 is 2.61 bits per heavy atom. The zero-order valence-corrected chi connectivity index (χ0v) is 11.4. The Kier molecular flexibility index (Phi) is 5.09. The number of rotatable bonds is 6. The van der Waals surface area contributed by atoms with Gasteiger partial charge in [0.2, 0.25) is 0 Å². The minimum Gasteiger partial charge on any atom is -0.481 e. The first-order chi connectivity index (χ1) is 8.25. The van der Waals surface area contributed by atoms with Gasteiger partial charge in [-0.15, -0.1) is 0 Å². The summed E-state index contributed by atoms with van der Waals surface area (Å²) in [5.74, 6) is -1.08. The highest BCUT2D eigenvalue weighted by molar-refractivity contribution is 7.86. The lowest BCUT2D eigenvalue weighted by Crippen LogP contribution is -2.41. The molecule has 2 N–H and O–H groups in total. The molecule has 0 aliphatic carbocycles. The van der Waals surface area contributed by atoms with Gasteiger partial charge in [0.15, 0.2) is 0 Å². The number of hydrogen-bond donors (Lipinski definition) is 2. The highest BCUT2D eigenvalue weighted by atomic mass is 32.2. The van der Waals surface area contributed by atoms with Crippen molar-refractivity contribution in [2.75, 3.05) is 26.7 Å². The van der Waals surface area contributed by atoms with Crippen molar-refractivity contribution in [1.82, 2.24) is 8.61 Å². The molecule has 0 aromatic heterocycles. The standard InChI is InChI=1S/C10H20N2O5S/c1-8(13)9-3-6-12(7-9)18(16,17)11(2)5-4-10(14)15/h8-9,13H,3-7H2,1-2H3,(H,14,15). The summed E-state index contributed by atoms with van der Waals surface area (Å²) in [5.41, 5.74) is 0. The molecule has 1 aliphatic rings. The van der Waals surface area contributed by atoms with E-state index in [4.69, 9.17) is 5.11 Å². The molecule has 1 heterocycles. The van der Waals surface area contributed by atoms with E-state index in [2.05, 4.69) is 0 Å². The quantitative estimate of drug-likeness (QED) is 0.673. The third-order valence-electron chi connectivity index (χ3n) is 3.23. The van der Waals surface area contributed by atoms with Crippen LogP contribution in [0.15, 0.2) is 0 Å². The number of aliphatic carboxylic acids is 1. The van der Waals surface area contributed by atoms with Crippen LogP contribution in [0.2, 0.25) is 0 Å². The molecule has 0 radical (unpaired) electrons. The fourth-order valence-corrected chi connectivity index (χ4v) is 3.36. The molecule has 7 nitrogen and oxygen atoms in total. The van der Waals surface area contributed by atoms with E-state index < -0.39 is 22.3 Å². The maximum atomic E-state index is 12.1. The highest BCUT2D eigenvalue weighted by Gasteiger charge is 2.35. The van der Waals surface area contributed by atoms with Gasteiger partial charge in [-0.3, -0.25) is 4.79 Å². The molecule has 0 amide bonds. The zero-order chi connectivity index (χ0) is 13.9. The summed E-state index contributed by atoms with van der Waals surface area (Å²) in [6, 6.07) is 0. The Bertz CT molecular complexity index is 395. The normalized spacial score (nSPS) is 23.4. The van der Waals surface area contributed by atoms with Gasteiger partial charge in [-0.05, 0) is 19.3 Å². The molecule has 0 spiro atoms. The van der Waals surface area contributed by atoms with Gasteiger partial charge in [0, 0.05) is 26.7 Å². The van der Waals surface area contributed by atoms with E-state index in [1.807, 2.05) is 0 Å². The molecule has 1 saturated heterocycles. The second kappa shape index (κ2) is 5.96. The van der Waals surface area contributed by atoms with Crippen LogP contribution in [0.3, 0.4) is 0 Å². The van der Waals surface area contributed by atoms with E-state index in [9.17, 15) is 18.3 Å². The average molecular weight is 280 g/mol. The SMILES string of the molecule is CC(O)C1CCN(S(=O)(=O)N(C)CCC(=O)O)C1. The van der Waals surface area contributed by atoms with Crippen molar-refractivity contribution >= 4 is 16.2 Å². The van der Waals surface area contributed by atoms with Crippen LogP contribution in [0.1, 0.15) is 19.8 Å². The number of carboxylic acid groups (broad SMARTS) is 1. The molecule has 8 heteroatoms. The second-order valence-electron chi connectivity index (χ2n) is 4.62. The number of carbonyl (C=O) groups is 1. The summed E-state index contributed by atoms with van der Waals surface area (Å²) in [6.07, 6.45) is -0.123. The van der Waals surface area contributed by atoms with Crippen molar-refractivity contribution in [2.24, 2.45) is 5.92 Å². The van der Waals surface area contributed by atoms with Crippen molar-refractivity contribution in [3.05, 3.63) is 0 Å². The first-order valence-corrected chi connectivity index (χ1v) is 7.26. The Morgan fingerprint density at radius 2 is 2.17 bits per heavy atom. The molecule has 18 heavy (non-hydrogen) atoms. The summed E-state index contributed by atoms with van der Waals surface area (Å²) in [7, 11) is -2.24. The molecule has 0 saturated carbocycles. The van der Waals surface area contributed by atoms with Gasteiger partial charge in [-0.25, -0.2) is 0 Å². The number of aliphatic hydroxyl groups excluding tert-OH is 1.